The van der Waals surface area contributed by atoms with Gasteiger partial charge in [0, 0.05) is 6.07 Å². The first-order chi connectivity index (χ1) is 6.00. The second-order valence-electron chi connectivity index (χ2n) is 2.13. The Morgan fingerprint density at radius 3 is 2.54 bits per heavy atom. The van der Waals surface area contributed by atoms with E-state index >= 15 is 0 Å². The Balaban J connectivity index is 3.19. The van der Waals surface area contributed by atoms with E-state index in [9.17, 15) is 23.3 Å². The minimum Gasteiger partial charge on any atom is -0.258 e. The van der Waals surface area contributed by atoms with Crippen LogP contribution < -0.4 is 0 Å². The summed E-state index contributed by atoms with van der Waals surface area (Å²) in [7, 11) is 0. The van der Waals surface area contributed by atoms with Crippen molar-refractivity contribution >= 4 is 5.69 Å². The fourth-order valence-electron chi connectivity index (χ4n) is 0.720. The first kappa shape index (κ1) is 9.43. The highest BCUT2D eigenvalue weighted by molar-refractivity contribution is 5.30. The van der Waals surface area contributed by atoms with Crippen LogP contribution in [0.1, 0.15) is 12.1 Å². The number of pyridine rings is 1. The summed E-state index contributed by atoms with van der Waals surface area (Å²) in [5.41, 5.74) is -1.67. The highest BCUT2D eigenvalue weighted by Crippen LogP contribution is 2.21. The Morgan fingerprint density at radius 1 is 1.46 bits per heavy atom. The second-order valence-corrected chi connectivity index (χ2v) is 2.13. The molecule has 0 aliphatic carbocycles. The molecule has 7 heteroatoms. The van der Waals surface area contributed by atoms with Crippen molar-refractivity contribution in [3.63, 3.8) is 0 Å². The Hall–Kier alpha value is -1.66. The number of halogens is 3. The van der Waals surface area contributed by atoms with Gasteiger partial charge in [-0.15, -0.1) is 0 Å². The van der Waals surface area contributed by atoms with Gasteiger partial charge in [0.2, 0.25) is 5.95 Å². The summed E-state index contributed by atoms with van der Waals surface area (Å²) in [6.45, 7) is 0. The number of alkyl halides is 2. The molecular weight excluding hydrogens is 189 g/mol. The number of aromatic nitrogens is 1. The first-order valence-corrected chi connectivity index (χ1v) is 3.10. The summed E-state index contributed by atoms with van der Waals surface area (Å²) in [5.74, 6) is -1.29. The quantitative estimate of drug-likeness (QED) is 0.409. The van der Waals surface area contributed by atoms with Crippen LogP contribution in [0.15, 0.2) is 12.1 Å². The Bertz CT molecular complexity index is 343. The molecule has 1 rings (SSSR count). The average Bonchev–Trinajstić information content (AvgIpc) is 2.03. The van der Waals surface area contributed by atoms with Gasteiger partial charge in [0.15, 0.2) is 0 Å². The monoisotopic (exact) mass is 192 g/mol. The third kappa shape index (κ3) is 2.14. The molecule has 0 aromatic carbocycles. The van der Waals surface area contributed by atoms with Crippen LogP contribution in [0.4, 0.5) is 18.9 Å². The maximum Gasteiger partial charge on any atom is 0.280 e. The minimum absolute atomic E-state index is 0.478. The molecule has 13 heavy (non-hydrogen) atoms. The lowest BCUT2D eigenvalue weighted by Crippen LogP contribution is -1.97. The Labute approximate surface area is 70.2 Å². The fraction of sp³-hybridized carbons (Fsp3) is 0.167. The molecule has 0 unspecified atom stereocenters. The van der Waals surface area contributed by atoms with Crippen LogP contribution in [0, 0.1) is 16.1 Å². The minimum atomic E-state index is -3.02. The van der Waals surface area contributed by atoms with Crippen molar-refractivity contribution in [1.29, 1.82) is 0 Å². The van der Waals surface area contributed by atoms with E-state index in [-0.39, 0.29) is 0 Å². The van der Waals surface area contributed by atoms with Gasteiger partial charge in [0.05, 0.1) is 11.0 Å². The van der Waals surface area contributed by atoms with Crippen LogP contribution in [-0.4, -0.2) is 9.91 Å². The molecule has 70 valence electrons. The molecule has 0 radical (unpaired) electrons. The molecule has 1 heterocycles. The van der Waals surface area contributed by atoms with E-state index in [0.717, 1.165) is 0 Å². The summed E-state index contributed by atoms with van der Waals surface area (Å²) < 4.78 is 36.3. The molecule has 0 bridgehead atoms. The van der Waals surface area contributed by atoms with Crippen LogP contribution in [0.2, 0.25) is 0 Å². The van der Waals surface area contributed by atoms with Gasteiger partial charge < -0.3 is 0 Å². The van der Waals surface area contributed by atoms with Gasteiger partial charge >= 0.3 is 0 Å². The van der Waals surface area contributed by atoms with E-state index in [1.54, 1.807) is 0 Å². The molecular formula is C6H3F3N2O2. The number of rotatable bonds is 2. The summed E-state index contributed by atoms with van der Waals surface area (Å²) in [6.07, 6.45) is -3.02. The summed E-state index contributed by atoms with van der Waals surface area (Å²) in [4.78, 5) is 11.9. The second kappa shape index (κ2) is 3.38. The number of nitro groups is 1. The molecule has 0 atom stereocenters. The maximum absolute atomic E-state index is 12.4. The molecule has 1 aromatic heterocycles. The highest BCUT2D eigenvalue weighted by Gasteiger charge is 2.16. The molecule has 4 nitrogen and oxygen atoms in total. The van der Waals surface area contributed by atoms with E-state index in [1.807, 2.05) is 0 Å². The van der Waals surface area contributed by atoms with Crippen LogP contribution in [0.3, 0.4) is 0 Å². The van der Waals surface area contributed by atoms with E-state index in [4.69, 9.17) is 0 Å². The van der Waals surface area contributed by atoms with Crippen molar-refractivity contribution in [2.45, 2.75) is 6.43 Å². The van der Waals surface area contributed by atoms with Gasteiger partial charge in [-0.25, -0.2) is 13.8 Å². The normalized spacial score (nSPS) is 10.5. The lowest BCUT2D eigenvalue weighted by molar-refractivity contribution is -0.385. The predicted octanol–water partition coefficient (Wildman–Crippen LogP) is 2.07. The van der Waals surface area contributed by atoms with E-state index < -0.39 is 28.7 Å². The molecule has 0 aliphatic heterocycles. The maximum atomic E-state index is 12.4. The zero-order valence-corrected chi connectivity index (χ0v) is 6.08. The van der Waals surface area contributed by atoms with Gasteiger partial charge in [0.1, 0.15) is 5.69 Å². The van der Waals surface area contributed by atoms with Crippen LogP contribution in [0.5, 0.6) is 0 Å². The van der Waals surface area contributed by atoms with Crippen molar-refractivity contribution in [2.75, 3.05) is 0 Å². The smallest absolute Gasteiger partial charge is 0.258 e. The molecule has 0 saturated heterocycles. The summed E-state index contributed by atoms with van der Waals surface area (Å²) in [5, 5.41) is 10.1. The van der Waals surface area contributed by atoms with Gasteiger partial charge in [-0.1, -0.05) is 0 Å². The standard InChI is InChI=1S/C6H3F3N2O2/c7-5-2-3(11(12)13)1-4(10-5)6(8)9/h1-2,6H. The third-order valence-electron chi connectivity index (χ3n) is 1.23. The number of hydrogen-bond donors (Lipinski definition) is 0. The van der Waals surface area contributed by atoms with E-state index in [0.29, 0.717) is 12.1 Å². The van der Waals surface area contributed by atoms with Gasteiger partial charge in [-0.3, -0.25) is 10.1 Å². The fourth-order valence-corrected chi connectivity index (χ4v) is 0.720. The molecule has 1 aromatic rings. The van der Waals surface area contributed by atoms with Crippen LogP contribution in [0.25, 0.3) is 0 Å². The molecule has 0 saturated carbocycles. The van der Waals surface area contributed by atoms with Crippen molar-refractivity contribution in [3.8, 4) is 0 Å². The molecule has 0 N–H and O–H groups in total. The van der Waals surface area contributed by atoms with E-state index in [1.165, 1.54) is 0 Å². The van der Waals surface area contributed by atoms with Crippen molar-refractivity contribution < 1.29 is 18.1 Å². The zero-order valence-electron chi connectivity index (χ0n) is 6.08. The first-order valence-electron chi connectivity index (χ1n) is 3.10. The topological polar surface area (TPSA) is 56.0 Å². The van der Waals surface area contributed by atoms with Crippen molar-refractivity contribution in [3.05, 3.63) is 33.9 Å². The summed E-state index contributed by atoms with van der Waals surface area (Å²) >= 11 is 0. The molecule has 0 amide bonds. The zero-order chi connectivity index (χ0) is 10.0. The number of hydrogen-bond acceptors (Lipinski definition) is 3. The summed E-state index contributed by atoms with van der Waals surface area (Å²) in [6, 6.07) is 1.01. The lowest BCUT2D eigenvalue weighted by Gasteiger charge is -1.97. The SMILES string of the molecule is O=[N+]([O-])c1cc(F)nc(C(F)F)c1. The highest BCUT2D eigenvalue weighted by atomic mass is 19.3. The predicted molar refractivity (Wildman–Crippen MR) is 35.8 cm³/mol. The van der Waals surface area contributed by atoms with Crippen LogP contribution in [-0.2, 0) is 0 Å². The van der Waals surface area contributed by atoms with Crippen LogP contribution >= 0.6 is 0 Å². The largest absolute Gasteiger partial charge is 0.280 e. The molecule has 0 fully saturated rings. The van der Waals surface area contributed by atoms with Gasteiger partial charge in [0.25, 0.3) is 12.1 Å². The average molecular weight is 192 g/mol. The molecule has 0 aliphatic rings. The van der Waals surface area contributed by atoms with E-state index in [2.05, 4.69) is 4.98 Å². The van der Waals surface area contributed by atoms with Crippen molar-refractivity contribution in [1.82, 2.24) is 4.98 Å². The lowest BCUT2D eigenvalue weighted by atomic mass is 10.3. The number of nitrogens with zero attached hydrogens (tertiary/aromatic N) is 2. The Kier molecular flexibility index (Phi) is 2.45. The van der Waals surface area contributed by atoms with Gasteiger partial charge in [-0.2, -0.15) is 4.39 Å². The third-order valence-corrected chi connectivity index (χ3v) is 1.23. The van der Waals surface area contributed by atoms with Gasteiger partial charge in [-0.05, 0) is 0 Å². The molecule has 0 spiro atoms. The Morgan fingerprint density at radius 2 is 2.08 bits per heavy atom. The van der Waals surface area contributed by atoms with Crippen molar-refractivity contribution in [2.24, 2.45) is 0 Å².